The fourth-order valence-corrected chi connectivity index (χ4v) is 3.61. The van der Waals surface area contributed by atoms with Crippen LogP contribution in [0.1, 0.15) is 31.2 Å². The number of carbonyl (C=O) groups is 1. The number of hydrogen-bond donors (Lipinski definition) is 2. The van der Waals surface area contributed by atoms with E-state index in [0.717, 1.165) is 18.7 Å². The number of likely N-dealkylation sites (tertiary alicyclic amines) is 1. The van der Waals surface area contributed by atoms with Gasteiger partial charge in [-0.2, -0.15) is 11.8 Å². The monoisotopic (exact) mass is 393 g/mol. The second-order valence-corrected chi connectivity index (χ2v) is 7.66. The van der Waals surface area contributed by atoms with Crippen LogP contribution in [0.2, 0.25) is 0 Å². The van der Waals surface area contributed by atoms with Crippen molar-refractivity contribution >= 4 is 17.7 Å². The Balaban J connectivity index is 1.60. The van der Waals surface area contributed by atoms with Crippen molar-refractivity contribution in [1.82, 2.24) is 15.2 Å². The summed E-state index contributed by atoms with van der Waals surface area (Å²) in [6.45, 7) is 4.40. The first-order valence-corrected chi connectivity index (χ1v) is 10.8. The Morgan fingerprint density at radius 3 is 3.00 bits per heavy atom. The molecule has 0 atom stereocenters. The molecule has 1 amide bonds. The summed E-state index contributed by atoms with van der Waals surface area (Å²) >= 11 is 1.53. The van der Waals surface area contributed by atoms with Gasteiger partial charge in [0.15, 0.2) is 0 Å². The third-order valence-corrected chi connectivity index (χ3v) is 5.29. The molecule has 0 bridgehead atoms. The van der Waals surface area contributed by atoms with Crippen LogP contribution in [0.5, 0.6) is 5.88 Å². The predicted molar refractivity (Wildman–Crippen MR) is 110 cm³/mol. The highest BCUT2D eigenvalue weighted by molar-refractivity contribution is 7.99. The van der Waals surface area contributed by atoms with Gasteiger partial charge in [0.2, 0.25) is 11.8 Å². The molecule has 0 unspecified atom stereocenters. The van der Waals surface area contributed by atoms with E-state index in [1.54, 1.807) is 6.20 Å². The topological polar surface area (TPSA) is 74.7 Å². The first-order chi connectivity index (χ1) is 13.3. The molecule has 7 heteroatoms. The average molecular weight is 394 g/mol. The van der Waals surface area contributed by atoms with Crippen LogP contribution in [-0.2, 0) is 11.3 Å². The van der Waals surface area contributed by atoms with Crippen molar-refractivity contribution in [2.24, 2.45) is 0 Å². The van der Waals surface area contributed by atoms with Crippen molar-refractivity contribution in [3.8, 4) is 5.88 Å². The van der Waals surface area contributed by atoms with E-state index in [4.69, 9.17) is 9.84 Å². The van der Waals surface area contributed by atoms with Gasteiger partial charge in [0.1, 0.15) is 6.61 Å². The molecule has 0 saturated carbocycles. The number of aromatic nitrogens is 1. The second kappa shape index (κ2) is 13.6. The summed E-state index contributed by atoms with van der Waals surface area (Å²) in [6.07, 6.45) is 10.2. The number of hydrogen-bond acceptors (Lipinski definition) is 6. The molecule has 2 N–H and O–H groups in total. The highest BCUT2D eigenvalue weighted by Gasteiger charge is 2.10. The zero-order valence-electron chi connectivity index (χ0n) is 15.9. The molecule has 2 heterocycles. The number of thioether (sulfide) groups is 1. The molecule has 6 nitrogen and oxygen atoms in total. The summed E-state index contributed by atoms with van der Waals surface area (Å²) in [7, 11) is 0. The quantitative estimate of drug-likeness (QED) is 0.419. The minimum Gasteiger partial charge on any atom is -0.473 e. The molecule has 150 valence electrons. The molecular formula is C20H31N3O3S. The largest absolute Gasteiger partial charge is 0.473 e. The highest BCUT2D eigenvalue weighted by Crippen LogP contribution is 2.15. The number of pyridine rings is 1. The Morgan fingerprint density at radius 1 is 1.33 bits per heavy atom. The van der Waals surface area contributed by atoms with Gasteiger partial charge < -0.3 is 15.2 Å². The van der Waals surface area contributed by atoms with E-state index in [0.29, 0.717) is 24.8 Å². The van der Waals surface area contributed by atoms with Crippen molar-refractivity contribution in [2.45, 2.75) is 32.2 Å². The molecule has 1 aliphatic rings. The zero-order valence-corrected chi connectivity index (χ0v) is 16.8. The molecule has 2 rings (SSSR count). The van der Waals surface area contributed by atoms with Gasteiger partial charge in [-0.3, -0.25) is 9.69 Å². The van der Waals surface area contributed by atoms with E-state index >= 15 is 0 Å². The number of aliphatic hydroxyl groups excluding tert-OH is 1. The Morgan fingerprint density at radius 2 is 2.19 bits per heavy atom. The third-order valence-electron chi connectivity index (χ3n) is 4.25. The van der Waals surface area contributed by atoms with Crippen molar-refractivity contribution < 1.29 is 14.6 Å². The summed E-state index contributed by atoms with van der Waals surface area (Å²) in [6, 6.07) is 4.05. The van der Waals surface area contributed by atoms with Gasteiger partial charge in [0.25, 0.3) is 0 Å². The van der Waals surface area contributed by atoms with Crippen molar-refractivity contribution in [1.29, 1.82) is 0 Å². The number of carbonyl (C=O) groups excluding carboxylic acids is 1. The smallest absolute Gasteiger partial charge is 0.230 e. The van der Waals surface area contributed by atoms with Gasteiger partial charge in [0, 0.05) is 32.0 Å². The van der Waals surface area contributed by atoms with Crippen LogP contribution in [0.4, 0.5) is 0 Å². The second-order valence-electron chi connectivity index (χ2n) is 6.56. The van der Waals surface area contributed by atoms with E-state index in [1.165, 1.54) is 49.7 Å². The molecule has 1 saturated heterocycles. The summed E-state index contributed by atoms with van der Waals surface area (Å²) in [4.78, 5) is 18.3. The maximum atomic E-state index is 11.6. The summed E-state index contributed by atoms with van der Waals surface area (Å²) in [5.41, 5.74) is 1.23. The minimum absolute atomic E-state index is 0.00980. The Bertz CT molecular complexity index is 577. The van der Waals surface area contributed by atoms with Gasteiger partial charge in [-0.05, 0) is 55.8 Å². The minimum atomic E-state index is 0.00980. The van der Waals surface area contributed by atoms with Crippen LogP contribution in [-0.4, -0.2) is 65.3 Å². The van der Waals surface area contributed by atoms with Crippen LogP contribution >= 0.6 is 11.8 Å². The Hall–Kier alpha value is -1.57. The number of nitrogens with one attached hydrogen (secondary N) is 1. The number of ether oxygens (including phenoxy) is 1. The van der Waals surface area contributed by atoms with Crippen LogP contribution in [0.25, 0.3) is 0 Å². The van der Waals surface area contributed by atoms with Crippen molar-refractivity contribution in [2.75, 3.05) is 44.4 Å². The first-order valence-electron chi connectivity index (χ1n) is 9.68. The lowest BCUT2D eigenvalue weighted by atomic mass is 10.1. The first kappa shape index (κ1) is 21.7. The molecule has 0 spiro atoms. The number of rotatable bonds is 12. The lowest BCUT2D eigenvalue weighted by molar-refractivity contribution is -0.118. The maximum Gasteiger partial charge on any atom is 0.230 e. The molecule has 0 radical (unpaired) electrons. The molecular weight excluding hydrogens is 362 g/mol. The standard InChI is InChI=1S/C20H31N3O3S/c24-12-6-14-27-17-19(25)21-8-2-5-13-26-20-15-18(7-9-22-20)16-23-10-3-1-4-11-23/h2,5,7,9,15,24H,1,3-4,6,8,10-14,16-17H2,(H,21,25)/b5-2-. The number of piperidine rings is 1. The van der Waals surface area contributed by atoms with Crippen LogP contribution in [0.3, 0.4) is 0 Å². The Labute approximate surface area is 166 Å². The van der Waals surface area contributed by atoms with Crippen molar-refractivity contribution in [3.05, 3.63) is 36.0 Å². The summed E-state index contributed by atoms with van der Waals surface area (Å²) in [5.74, 6) is 1.88. The van der Waals surface area contributed by atoms with Crippen LogP contribution in [0, 0.1) is 0 Å². The fourth-order valence-electron chi connectivity index (χ4n) is 2.84. The lowest BCUT2D eigenvalue weighted by Gasteiger charge is -2.26. The number of nitrogens with zero attached hydrogens (tertiary/aromatic N) is 2. The van der Waals surface area contributed by atoms with Gasteiger partial charge in [-0.15, -0.1) is 0 Å². The van der Waals surface area contributed by atoms with Gasteiger partial charge in [-0.25, -0.2) is 4.98 Å². The van der Waals surface area contributed by atoms with Crippen LogP contribution < -0.4 is 10.1 Å². The van der Waals surface area contributed by atoms with Crippen molar-refractivity contribution in [3.63, 3.8) is 0 Å². The molecule has 1 aromatic rings. The highest BCUT2D eigenvalue weighted by atomic mass is 32.2. The summed E-state index contributed by atoms with van der Waals surface area (Å²) < 4.78 is 5.68. The average Bonchev–Trinajstić information content (AvgIpc) is 2.69. The van der Waals surface area contributed by atoms with E-state index in [1.807, 2.05) is 24.3 Å². The maximum absolute atomic E-state index is 11.6. The van der Waals surface area contributed by atoms with E-state index < -0.39 is 0 Å². The zero-order chi connectivity index (χ0) is 19.2. The SMILES string of the molecule is O=C(CSCCCO)NC/C=C\COc1cc(CN2CCCCC2)ccn1. The summed E-state index contributed by atoms with van der Waals surface area (Å²) in [5, 5.41) is 11.5. The molecule has 0 aliphatic carbocycles. The molecule has 27 heavy (non-hydrogen) atoms. The van der Waals surface area contributed by atoms with E-state index in [9.17, 15) is 4.79 Å². The van der Waals surface area contributed by atoms with Gasteiger partial charge in [-0.1, -0.05) is 12.5 Å². The molecule has 1 aliphatic heterocycles. The van der Waals surface area contributed by atoms with Gasteiger partial charge in [0.05, 0.1) is 5.75 Å². The van der Waals surface area contributed by atoms with E-state index in [-0.39, 0.29) is 12.5 Å². The fraction of sp³-hybridized carbons (Fsp3) is 0.600. The van der Waals surface area contributed by atoms with E-state index in [2.05, 4.69) is 15.2 Å². The lowest BCUT2D eigenvalue weighted by Crippen LogP contribution is -2.29. The number of amides is 1. The number of aliphatic hydroxyl groups is 1. The van der Waals surface area contributed by atoms with Crippen LogP contribution in [0.15, 0.2) is 30.5 Å². The Kier molecular flexibility index (Phi) is 10.9. The molecule has 0 aromatic carbocycles. The molecule has 1 aromatic heterocycles. The predicted octanol–water partition coefficient (Wildman–Crippen LogP) is 2.23. The van der Waals surface area contributed by atoms with Gasteiger partial charge >= 0.3 is 0 Å². The normalized spacial score (nSPS) is 15.1. The third kappa shape index (κ3) is 9.79. The molecule has 1 fully saturated rings.